The summed E-state index contributed by atoms with van der Waals surface area (Å²) in [6, 6.07) is 3.02. The normalized spacial score (nSPS) is 10.4. The molecular weight excluding hydrogens is 190 g/mol. The predicted octanol–water partition coefficient (Wildman–Crippen LogP) is 2.20. The van der Waals surface area contributed by atoms with Crippen LogP contribution in [-0.4, -0.2) is 5.16 Å². The Morgan fingerprint density at radius 2 is 1.79 bits per heavy atom. The maximum absolute atomic E-state index is 12.8. The van der Waals surface area contributed by atoms with Crippen LogP contribution in [0.15, 0.2) is 28.9 Å². The first-order valence-electron chi connectivity index (χ1n) is 3.83. The Morgan fingerprint density at radius 1 is 1.14 bits per heavy atom. The van der Waals surface area contributed by atoms with Gasteiger partial charge in [0.15, 0.2) is 5.76 Å². The fourth-order valence-electron chi connectivity index (χ4n) is 1.15. The molecule has 0 fully saturated rings. The van der Waals surface area contributed by atoms with Crippen molar-refractivity contribution in [1.29, 1.82) is 0 Å². The van der Waals surface area contributed by atoms with E-state index in [0.717, 1.165) is 18.2 Å². The maximum atomic E-state index is 12.8. The Balaban J connectivity index is 2.57. The average molecular weight is 196 g/mol. The number of halogens is 2. The quantitative estimate of drug-likeness (QED) is 0.760. The SMILES string of the molecule is Nc1cnoc1-c1cc(F)cc(F)c1. The minimum Gasteiger partial charge on any atom is -0.394 e. The molecule has 0 saturated carbocycles. The second kappa shape index (κ2) is 3.10. The van der Waals surface area contributed by atoms with Crippen molar-refractivity contribution in [2.75, 3.05) is 5.73 Å². The van der Waals surface area contributed by atoms with Gasteiger partial charge in [-0.3, -0.25) is 0 Å². The highest BCUT2D eigenvalue weighted by atomic mass is 19.1. The van der Waals surface area contributed by atoms with Gasteiger partial charge >= 0.3 is 0 Å². The Kier molecular flexibility index (Phi) is 1.92. The molecule has 5 heteroatoms. The summed E-state index contributed by atoms with van der Waals surface area (Å²) in [6.07, 6.45) is 1.28. The second-order valence-corrected chi connectivity index (χ2v) is 2.77. The average Bonchev–Trinajstić information content (AvgIpc) is 2.49. The Labute approximate surface area is 78.1 Å². The number of rotatable bonds is 1. The summed E-state index contributed by atoms with van der Waals surface area (Å²) < 4.78 is 30.4. The number of hydrogen-bond donors (Lipinski definition) is 1. The zero-order valence-corrected chi connectivity index (χ0v) is 7.00. The molecule has 0 aliphatic rings. The van der Waals surface area contributed by atoms with Crippen LogP contribution >= 0.6 is 0 Å². The fourth-order valence-corrected chi connectivity index (χ4v) is 1.15. The molecule has 2 rings (SSSR count). The van der Waals surface area contributed by atoms with E-state index in [4.69, 9.17) is 10.3 Å². The van der Waals surface area contributed by atoms with Crippen molar-refractivity contribution in [2.24, 2.45) is 0 Å². The molecule has 1 heterocycles. The van der Waals surface area contributed by atoms with Gasteiger partial charge in [0.1, 0.15) is 17.3 Å². The summed E-state index contributed by atoms with van der Waals surface area (Å²) in [5, 5.41) is 3.41. The van der Waals surface area contributed by atoms with E-state index in [9.17, 15) is 8.78 Å². The molecular formula is C9H6F2N2O. The number of benzene rings is 1. The molecule has 1 aromatic carbocycles. The van der Waals surface area contributed by atoms with Crippen molar-refractivity contribution in [2.45, 2.75) is 0 Å². The lowest BCUT2D eigenvalue weighted by Crippen LogP contribution is -1.87. The highest BCUT2D eigenvalue weighted by Crippen LogP contribution is 2.26. The summed E-state index contributed by atoms with van der Waals surface area (Å²) in [7, 11) is 0. The first-order valence-corrected chi connectivity index (χ1v) is 3.83. The number of nitrogens with zero attached hydrogens (tertiary/aromatic N) is 1. The minimum absolute atomic E-state index is 0.170. The summed E-state index contributed by atoms with van der Waals surface area (Å²) in [4.78, 5) is 0. The number of anilines is 1. The standard InChI is InChI=1S/C9H6F2N2O/c10-6-1-5(2-7(11)3-6)9-8(12)4-13-14-9/h1-4H,12H2. The van der Waals surface area contributed by atoms with Crippen molar-refractivity contribution in [1.82, 2.24) is 5.16 Å². The van der Waals surface area contributed by atoms with E-state index < -0.39 is 11.6 Å². The Hall–Kier alpha value is -1.91. The number of nitrogens with two attached hydrogens (primary N) is 1. The van der Waals surface area contributed by atoms with E-state index in [2.05, 4.69) is 5.16 Å². The van der Waals surface area contributed by atoms with Crippen LogP contribution in [0.5, 0.6) is 0 Å². The molecule has 0 aliphatic carbocycles. The molecule has 0 saturated heterocycles. The van der Waals surface area contributed by atoms with Crippen LogP contribution in [0.25, 0.3) is 11.3 Å². The van der Waals surface area contributed by atoms with Crippen LogP contribution in [0.3, 0.4) is 0 Å². The Morgan fingerprint density at radius 3 is 2.29 bits per heavy atom. The number of aromatic nitrogens is 1. The first kappa shape index (κ1) is 8.68. The lowest BCUT2D eigenvalue weighted by Gasteiger charge is -1.97. The monoisotopic (exact) mass is 196 g/mol. The third-order valence-corrected chi connectivity index (χ3v) is 1.72. The topological polar surface area (TPSA) is 52.0 Å². The molecule has 72 valence electrons. The van der Waals surface area contributed by atoms with E-state index in [1.165, 1.54) is 6.20 Å². The Bertz CT molecular complexity index is 447. The van der Waals surface area contributed by atoms with Gasteiger partial charge in [0.2, 0.25) is 0 Å². The molecule has 0 bridgehead atoms. The zero-order valence-electron chi connectivity index (χ0n) is 7.00. The molecule has 0 atom stereocenters. The van der Waals surface area contributed by atoms with Gasteiger partial charge in [-0.05, 0) is 12.1 Å². The third-order valence-electron chi connectivity index (χ3n) is 1.72. The first-order chi connectivity index (χ1) is 6.66. The van der Waals surface area contributed by atoms with E-state index in [1.807, 2.05) is 0 Å². The van der Waals surface area contributed by atoms with Crippen LogP contribution < -0.4 is 5.73 Å². The maximum Gasteiger partial charge on any atom is 0.189 e. The van der Waals surface area contributed by atoms with Gasteiger partial charge in [-0.25, -0.2) is 8.78 Å². The van der Waals surface area contributed by atoms with Crippen molar-refractivity contribution in [3.8, 4) is 11.3 Å². The second-order valence-electron chi connectivity index (χ2n) is 2.77. The predicted molar refractivity (Wildman–Crippen MR) is 46.3 cm³/mol. The largest absolute Gasteiger partial charge is 0.394 e. The molecule has 3 nitrogen and oxygen atoms in total. The molecule has 0 radical (unpaired) electrons. The molecule has 0 unspecified atom stereocenters. The van der Waals surface area contributed by atoms with Gasteiger partial charge in [-0.15, -0.1) is 0 Å². The van der Waals surface area contributed by atoms with Crippen LogP contribution in [0.2, 0.25) is 0 Å². The third kappa shape index (κ3) is 1.44. The van der Waals surface area contributed by atoms with E-state index in [0.29, 0.717) is 0 Å². The van der Waals surface area contributed by atoms with Gasteiger partial charge in [-0.2, -0.15) is 0 Å². The number of hydrogen-bond acceptors (Lipinski definition) is 3. The van der Waals surface area contributed by atoms with Crippen molar-refractivity contribution in [3.63, 3.8) is 0 Å². The van der Waals surface area contributed by atoms with E-state index in [-0.39, 0.29) is 17.0 Å². The van der Waals surface area contributed by atoms with Gasteiger partial charge in [0, 0.05) is 11.6 Å². The summed E-state index contributed by atoms with van der Waals surface area (Å²) in [5.74, 6) is -1.20. The molecule has 1 aromatic heterocycles. The zero-order chi connectivity index (χ0) is 10.1. The van der Waals surface area contributed by atoms with Crippen LogP contribution in [0, 0.1) is 11.6 Å². The summed E-state index contributed by atoms with van der Waals surface area (Å²) >= 11 is 0. The van der Waals surface area contributed by atoms with Crippen molar-refractivity contribution >= 4 is 5.69 Å². The highest BCUT2D eigenvalue weighted by molar-refractivity contribution is 5.69. The van der Waals surface area contributed by atoms with Crippen LogP contribution in [0.4, 0.5) is 14.5 Å². The molecule has 2 aromatic rings. The smallest absolute Gasteiger partial charge is 0.189 e. The lowest BCUT2D eigenvalue weighted by atomic mass is 10.1. The molecule has 0 amide bonds. The van der Waals surface area contributed by atoms with Crippen LogP contribution in [-0.2, 0) is 0 Å². The van der Waals surface area contributed by atoms with Gasteiger partial charge in [0.05, 0.1) is 6.20 Å². The van der Waals surface area contributed by atoms with Crippen molar-refractivity contribution < 1.29 is 13.3 Å². The van der Waals surface area contributed by atoms with Gasteiger partial charge in [0.25, 0.3) is 0 Å². The molecule has 14 heavy (non-hydrogen) atoms. The molecule has 2 N–H and O–H groups in total. The molecule has 0 aliphatic heterocycles. The minimum atomic E-state index is -0.684. The highest BCUT2D eigenvalue weighted by Gasteiger charge is 2.10. The molecule has 0 spiro atoms. The summed E-state index contributed by atoms with van der Waals surface area (Å²) in [5.41, 5.74) is 5.95. The van der Waals surface area contributed by atoms with E-state index in [1.54, 1.807) is 0 Å². The summed E-state index contributed by atoms with van der Waals surface area (Å²) in [6.45, 7) is 0. The van der Waals surface area contributed by atoms with Crippen molar-refractivity contribution in [3.05, 3.63) is 36.0 Å². The van der Waals surface area contributed by atoms with Gasteiger partial charge < -0.3 is 10.3 Å². The van der Waals surface area contributed by atoms with Gasteiger partial charge in [-0.1, -0.05) is 5.16 Å². The fraction of sp³-hybridized carbons (Fsp3) is 0. The lowest BCUT2D eigenvalue weighted by molar-refractivity contribution is 0.432. The van der Waals surface area contributed by atoms with E-state index >= 15 is 0 Å². The van der Waals surface area contributed by atoms with Crippen LogP contribution in [0.1, 0.15) is 0 Å². The number of nitrogen functional groups attached to an aromatic ring is 1.